The van der Waals surface area contributed by atoms with E-state index < -0.39 is 106 Å². The Bertz CT molecular complexity index is 6270. The zero-order valence-electron chi connectivity index (χ0n) is 64.4. The minimum Gasteiger partial charge on any atom is -0.510 e. The normalized spacial score (nSPS) is 14.1. The summed E-state index contributed by atoms with van der Waals surface area (Å²) in [6.07, 6.45) is 5.75. The third kappa shape index (κ3) is 9.74. The van der Waals surface area contributed by atoms with Gasteiger partial charge < -0.3 is 18.4 Å². The molecule has 0 aliphatic carbocycles. The first-order chi connectivity index (χ1) is 50.3. The van der Waals surface area contributed by atoms with Crippen molar-refractivity contribution in [3.05, 3.63) is 302 Å². The van der Waals surface area contributed by atoms with Crippen LogP contribution < -0.4 is 9.30 Å². The zero-order chi connectivity index (χ0) is 73.3. The molecule has 1 aliphatic rings. The van der Waals surface area contributed by atoms with Crippen LogP contribution in [0, 0.1) is 18.5 Å². The predicted molar refractivity (Wildman–Crippen MR) is 378 cm³/mol. The average Bonchev–Trinajstić information content (AvgIpc) is 1.40. The van der Waals surface area contributed by atoms with Crippen LogP contribution in [0.5, 0.6) is 11.5 Å². The van der Waals surface area contributed by atoms with Crippen LogP contribution in [0.1, 0.15) is 70.5 Å². The number of benzene rings is 12. The van der Waals surface area contributed by atoms with Crippen LogP contribution >= 0.6 is 0 Å². The van der Waals surface area contributed by atoms with Gasteiger partial charge >= 0.3 is 0 Å². The SMILES string of the molecule is [2H]c1c([2H])c([2H])c(-c2c([2H])c(-c3cc4c5c(c3)n(-c3[c-]c(Oc6[c-]c7c(cc6)c6ccccc6n7-c6cc(C(C)(C)C)ccn6)ccc3)[c-][n+]5-c3c(cc(C(C)(C)C)cc3-n3c5ccccc5c5ccccc53)-c3ccccc3-c3ccccc3-4)c([2H])c(-c3c([2H])c([2H])c([2H])c([2H])c3[2H])c2[2H])c([2H])c1[2H].[Pt]. The molecule has 6 nitrogen and oxygen atoms in total. The van der Waals surface area contributed by atoms with Gasteiger partial charge in [-0.2, -0.15) is 18.2 Å². The fraction of sp³-hybridized carbons (Fsp3) is 0.0930. The Morgan fingerprint density at radius 3 is 1.56 bits per heavy atom. The van der Waals surface area contributed by atoms with Gasteiger partial charge in [-0.1, -0.05) is 223 Å². The Kier molecular flexibility index (Phi) is 10.7. The van der Waals surface area contributed by atoms with Gasteiger partial charge in [-0.3, -0.25) is 4.57 Å². The fourth-order valence-corrected chi connectivity index (χ4v) is 13.2. The predicted octanol–water partition coefficient (Wildman–Crippen LogP) is 21.6. The molecule has 0 saturated heterocycles. The third-order valence-corrected chi connectivity index (χ3v) is 17.6. The standard InChI is InChI=1S/C86H63N5O.Pt/c1-85(2,3)61-42-43-87-82(51-61)91-78-39-22-19-36-72(78)73-41-40-65(53-79(73)91)92-64-29-23-28-63(52-64)88-54-89-83-74(47-60(48-80(83)88)59-45-57(55-24-9-7-10-25-55)44-58(46-59)56-26-11-8-12-27-56)68-32-15-13-30-66(68)67-31-14-16-33-69(67)75-49-62(86(4,5)6)50-81(84(75)89)90-76-37-20-17-34-70(76)71-35-18-21-38-77(71)90;/h7-51H,1-6H3;/q-2;/i7D,8D,9D,10D,11D,12D,24D,25D,26D,27D,44D,45D,46D;. The third-order valence-electron chi connectivity index (χ3n) is 17.6. The van der Waals surface area contributed by atoms with Crippen molar-refractivity contribution in [2.75, 3.05) is 0 Å². The van der Waals surface area contributed by atoms with E-state index in [-0.39, 0.29) is 37.6 Å². The first-order valence-electron chi connectivity index (χ1n) is 37.1. The molecule has 0 radical (unpaired) electrons. The molecule has 450 valence electrons. The first kappa shape index (κ1) is 44.8. The van der Waals surface area contributed by atoms with Gasteiger partial charge in [-0.15, -0.1) is 29.7 Å². The molecule has 93 heavy (non-hydrogen) atoms. The Morgan fingerprint density at radius 1 is 0.430 bits per heavy atom. The fourth-order valence-electron chi connectivity index (χ4n) is 13.2. The summed E-state index contributed by atoms with van der Waals surface area (Å²) in [6.45, 7) is 13.1. The molecule has 17 rings (SSSR count). The summed E-state index contributed by atoms with van der Waals surface area (Å²) in [5.41, 5.74) is 10.7. The molecule has 0 spiro atoms. The van der Waals surface area contributed by atoms with Crippen molar-refractivity contribution in [2.24, 2.45) is 0 Å². The zero-order valence-corrected chi connectivity index (χ0v) is 53.7. The molecule has 4 aromatic heterocycles. The number of hydrogen-bond donors (Lipinski definition) is 0. The van der Waals surface area contributed by atoms with Crippen molar-refractivity contribution in [3.63, 3.8) is 0 Å². The number of imidazole rings is 1. The van der Waals surface area contributed by atoms with Crippen molar-refractivity contribution >= 4 is 54.6 Å². The van der Waals surface area contributed by atoms with E-state index in [1.54, 1.807) is 12.1 Å². The van der Waals surface area contributed by atoms with Gasteiger partial charge in [-0.05, 0) is 160 Å². The molecule has 0 amide bonds. The number of nitrogens with zero attached hydrogens (tertiary/aromatic N) is 5. The molecule has 16 aromatic rings. The minimum absolute atomic E-state index is 0. The van der Waals surface area contributed by atoms with Crippen LogP contribution in [-0.4, -0.2) is 18.7 Å². The summed E-state index contributed by atoms with van der Waals surface area (Å²) in [5.74, 6) is 1.42. The van der Waals surface area contributed by atoms with Gasteiger partial charge in [-0.25, -0.2) is 4.98 Å². The molecule has 0 unspecified atom stereocenters. The number of pyridine rings is 1. The summed E-state index contributed by atoms with van der Waals surface area (Å²) in [4.78, 5) is 4.91. The summed E-state index contributed by atoms with van der Waals surface area (Å²) in [5, 5.41) is 4.04. The Balaban J connectivity index is 0.00000861. The monoisotopic (exact) mass is 1390 g/mol. The Morgan fingerprint density at radius 2 is 0.957 bits per heavy atom. The second kappa shape index (κ2) is 22.3. The summed E-state index contributed by atoms with van der Waals surface area (Å²) < 4.78 is 137. The van der Waals surface area contributed by atoms with E-state index in [4.69, 9.17) is 17.9 Å². The van der Waals surface area contributed by atoms with Gasteiger partial charge in [0.15, 0.2) is 0 Å². The van der Waals surface area contributed by atoms with E-state index >= 15 is 0 Å². The molecule has 0 bridgehead atoms. The first-order valence-corrected chi connectivity index (χ1v) is 30.6. The second-order valence-electron chi connectivity index (χ2n) is 25.4. The van der Waals surface area contributed by atoms with E-state index in [0.717, 1.165) is 94.2 Å². The number of para-hydroxylation sites is 3. The maximum Gasteiger partial charge on any atom is 0.268 e. The number of rotatable bonds is 8. The van der Waals surface area contributed by atoms with Gasteiger partial charge in [0, 0.05) is 55.1 Å². The largest absolute Gasteiger partial charge is 0.510 e. The minimum atomic E-state index is -0.756. The van der Waals surface area contributed by atoms with E-state index in [0.29, 0.717) is 39.3 Å². The van der Waals surface area contributed by atoms with E-state index in [9.17, 15) is 9.60 Å². The van der Waals surface area contributed by atoms with Crippen LogP contribution in [0.2, 0.25) is 0 Å². The van der Waals surface area contributed by atoms with Crippen LogP contribution in [-0.2, 0) is 31.9 Å². The van der Waals surface area contributed by atoms with Crippen molar-refractivity contribution in [1.29, 1.82) is 0 Å². The molecule has 0 N–H and O–H groups in total. The molecule has 0 atom stereocenters. The number of ether oxygens (including phenoxy) is 1. The van der Waals surface area contributed by atoms with Gasteiger partial charge in [0.2, 0.25) is 0 Å². The quantitative estimate of drug-likeness (QED) is 0.112. The second-order valence-corrected chi connectivity index (χ2v) is 25.4. The van der Waals surface area contributed by atoms with Crippen LogP contribution in [0.15, 0.2) is 273 Å². The maximum atomic E-state index is 10.5. The Labute approximate surface area is 574 Å². The molecule has 0 fully saturated rings. The summed E-state index contributed by atoms with van der Waals surface area (Å²) >= 11 is 0. The molecule has 1 aliphatic heterocycles. The van der Waals surface area contributed by atoms with Crippen LogP contribution in [0.3, 0.4) is 0 Å². The van der Waals surface area contributed by atoms with Gasteiger partial charge in [0.1, 0.15) is 5.82 Å². The van der Waals surface area contributed by atoms with E-state index in [2.05, 4.69) is 147 Å². The average molecular weight is 1390 g/mol. The molecule has 12 aromatic carbocycles. The molecular formula is C86H63N5OPt-2. The van der Waals surface area contributed by atoms with Crippen LogP contribution in [0.25, 0.3) is 144 Å². The van der Waals surface area contributed by atoms with Gasteiger partial charge in [0.05, 0.1) is 51.3 Å². The topological polar surface area (TPSA) is 40.8 Å². The smallest absolute Gasteiger partial charge is 0.268 e. The number of hydrogen-bond acceptors (Lipinski definition) is 2. The van der Waals surface area contributed by atoms with Crippen molar-refractivity contribution in [3.8, 4) is 101 Å². The molecule has 0 saturated carbocycles. The van der Waals surface area contributed by atoms with Crippen molar-refractivity contribution in [2.45, 2.75) is 52.4 Å². The molecule has 7 heteroatoms. The van der Waals surface area contributed by atoms with Gasteiger partial charge in [0.25, 0.3) is 6.33 Å². The summed E-state index contributed by atoms with van der Waals surface area (Å²) in [7, 11) is 0. The summed E-state index contributed by atoms with van der Waals surface area (Å²) in [6, 6.07) is 60.7. The number of fused-ring (bicyclic) bond motifs is 13. The maximum absolute atomic E-state index is 10.5. The van der Waals surface area contributed by atoms with Crippen molar-refractivity contribution in [1.82, 2.24) is 18.7 Å². The molecule has 5 heterocycles. The van der Waals surface area contributed by atoms with E-state index in [1.165, 1.54) is 0 Å². The van der Waals surface area contributed by atoms with Crippen LogP contribution in [0.4, 0.5) is 0 Å². The molecular weight excluding hydrogens is 1310 g/mol. The van der Waals surface area contributed by atoms with Crippen molar-refractivity contribution < 1.29 is 48.2 Å². The Hall–Kier alpha value is -10.7. The van der Waals surface area contributed by atoms with E-state index in [1.807, 2.05) is 114 Å². The number of aromatic nitrogens is 5.